The highest BCUT2D eigenvalue weighted by molar-refractivity contribution is 6.00. The van der Waals surface area contributed by atoms with Gasteiger partial charge in [0.05, 0.1) is 5.60 Å². The zero-order valence-electron chi connectivity index (χ0n) is 12.1. The number of fused-ring (bicyclic) bond motifs is 1. The fourth-order valence-corrected chi connectivity index (χ4v) is 2.94. The Morgan fingerprint density at radius 1 is 0.857 bits per heavy atom. The molecule has 2 aliphatic rings. The van der Waals surface area contributed by atoms with Crippen LogP contribution in [0, 0.1) is 0 Å². The molecule has 1 N–H and O–H groups in total. The van der Waals surface area contributed by atoms with Crippen LogP contribution in [0.25, 0.3) is 0 Å². The molecule has 1 fully saturated rings. The van der Waals surface area contributed by atoms with Gasteiger partial charge in [0.1, 0.15) is 0 Å². The first-order valence-corrected chi connectivity index (χ1v) is 7.58. The average Bonchev–Trinajstić information content (AvgIpc) is 2.88. The van der Waals surface area contributed by atoms with Crippen LogP contribution in [-0.2, 0) is 12.0 Å². The van der Waals surface area contributed by atoms with Crippen LogP contribution in [-0.4, -0.2) is 10.9 Å². The van der Waals surface area contributed by atoms with E-state index in [9.17, 15) is 9.90 Å². The van der Waals surface area contributed by atoms with Crippen molar-refractivity contribution in [3.8, 4) is 0 Å². The Hall–Kier alpha value is -1.93. The van der Waals surface area contributed by atoms with Crippen LogP contribution in [0.5, 0.6) is 0 Å². The molecule has 0 bridgehead atoms. The van der Waals surface area contributed by atoms with Crippen LogP contribution in [0.15, 0.2) is 54.6 Å². The van der Waals surface area contributed by atoms with Crippen molar-refractivity contribution < 1.29 is 9.90 Å². The highest BCUT2D eigenvalue weighted by Crippen LogP contribution is 2.40. The molecule has 0 aromatic heterocycles. The molecule has 4 rings (SSSR count). The van der Waals surface area contributed by atoms with Crippen molar-refractivity contribution in [1.29, 1.82) is 0 Å². The van der Waals surface area contributed by atoms with E-state index in [2.05, 4.69) is 0 Å². The molecule has 2 aliphatic carbocycles. The summed E-state index contributed by atoms with van der Waals surface area (Å²) in [7, 11) is 0. The van der Waals surface area contributed by atoms with Crippen molar-refractivity contribution in [3.05, 3.63) is 71.3 Å². The summed E-state index contributed by atoms with van der Waals surface area (Å²) in [5.74, 6) is 0.301. The van der Waals surface area contributed by atoms with Crippen LogP contribution in [0.2, 0.25) is 0 Å². The summed E-state index contributed by atoms with van der Waals surface area (Å²) in [4.78, 5) is 11.1. The van der Waals surface area contributed by atoms with Crippen molar-refractivity contribution in [3.63, 3.8) is 0 Å². The third kappa shape index (κ3) is 2.91. The number of hydrogen-bond donors (Lipinski definition) is 1. The standard InChI is InChI=1S/C10H12O.C9H8O/c11-10(7-4-8-10)9-5-2-1-3-6-9;10-9-6-5-7-3-1-2-4-8(7)9/h1-3,5-6,11H,4,7-8H2;1-4H,5-6H2. The van der Waals surface area contributed by atoms with E-state index in [0.29, 0.717) is 12.2 Å². The lowest BCUT2D eigenvalue weighted by Crippen LogP contribution is -2.33. The van der Waals surface area contributed by atoms with Gasteiger partial charge in [0, 0.05) is 12.0 Å². The molecule has 0 aliphatic heterocycles. The number of ketones is 1. The zero-order valence-corrected chi connectivity index (χ0v) is 12.1. The first kappa shape index (κ1) is 14.0. The van der Waals surface area contributed by atoms with E-state index >= 15 is 0 Å². The summed E-state index contributed by atoms with van der Waals surface area (Å²) < 4.78 is 0. The van der Waals surface area contributed by atoms with Gasteiger partial charge in [-0.25, -0.2) is 0 Å². The normalized spacial score (nSPS) is 18.2. The smallest absolute Gasteiger partial charge is 0.163 e. The molecule has 0 radical (unpaired) electrons. The molecular weight excluding hydrogens is 260 g/mol. The molecule has 0 amide bonds. The number of hydrogen-bond acceptors (Lipinski definition) is 2. The molecule has 2 heteroatoms. The number of aryl methyl sites for hydroxylation is 1. The molecule has 0 heterocycles. The van der Waals surface area contributed by atoms with Gasteiger partial charge in [-0.05, 0) is 36.8 Å². The topological polar surface area (TPSA) is 37.3 Å². The minimum absolute atomic E-state index is 0.301. The van der Waals surface area contributed by atoms with Crippen LogP contribution in [0.1, 0.15) is 47.2 Å². The Morgan fingerprint density at radius 2 is 1.52 bits per heavy atom. The zero-order chi connectivity index (χ0) is 14.7. The summed E-state index contributed by atoms with van der Waals surface area (Å²) in [5, 5.41) is 9.88. The monoisotopic (exact) mass is 280 g/mol. The summed E-state index contributed by atoms with van der Waals surface area (Å²) in [6.07, 6.45) is 4.66. The molecule has 2 nitrogen and oxygen atoms in total. The first-order chi connectivity index (χ1) is 10.2. The number of rotatable bonds is 1. The number of Topliss-reactive ketones (excluding diaryl/α,β-unsaturated/α-hetero) is 1. The molecule has 0 saturated heterocycles. The highest BCUT2D eigenvalue weighted by atomic mass is 16.3. The summed E-state index contributed by atoms with van der Waals surface area (Å²) in [6.45, 7) is 0. The molecule has 108 valence electrons. The maximum Gasteiger partial charge on any atom is 0.163 e. The number of carbonyl (C=O) groups is 1. The van der Waals surface area contributed by atoms with Crippen molar-refractivity contribution in [1.82, 2.24) is 0 Å². The van der Waals surface area contributed by atoms with E-state index in [-0.39, 0.29) is 0 Å². The van der Waals surface area contributed by atoms with Crippen molar-refractivity contribution in [2.45, 2.75) is 37.7 Å². The Balaban J connectivity index is 0.000000126. The number of benzene rings is 2. The van der Waals surface area contributed by atoms with Gasteiger partial charge in [-0.1, -0.05) is 54.6 Å². The lowest BCUT2D eigenvalue weighted by Gasteiger charge is -2.36. The second kappa shape index (κ2) is 5.82. The maximum atomic E-state index is 11.1. The fraction of sp³-hybridized carbons (Fsp3) is 0.316. The summed E-state index contributed by atoms with van der Waals surface area (Å²) in [5.41, 5.74) is 2.74. The maximum absolute atomic E-state index is 11.1. The lowest BCUT2D eigenvalue weighted by atomic mass is 9.75. The molecule has 0 spiro atoms. The van der Waals surface area contributed by atoms with Crippen molar-refractivity contribution in [2.75, 3.05) is 0 Å². The van der Waals surface area contributed by atoms with Gasteiger partial charge in [-0.3, -0.25) is 4.79 Å². The summed E-state index contributed by atoms with van der Waals surface area (Å²) >= 11 is 0. The number of aliphatic hydroxyl groups is 1. The van der Waals surface area contributed by atoms with Crippen molar-refractivity contribution in [2.24, 2.45) is 0 Å². The van der Waals surface area contributed by atoms with E-state index in [0.717, 1.165) is 36.8 Å². The van der Waals surface area contributed by atoms with Gasteiger partial charge >= 0.3 is 0 Å². The average molecular weight is 280 g/mol. The fourth-order valence-electron chi connectivity index (χ4n) is 2.94. The predicted molar refractivity (Wildman–Crippen MR) is 83.3 cm³/mol. The van der Waals surface area contributed by atoms with E-state index in [1.165, 1.54) is 5.56 Å². The SMILES string of the molecule is O=C1CCc2ccccc21.OC1(c2ccccc2)CCC1. The van der Waals surface area contributed by atoms with Gasteiger partial charge in [-0.2, -0.15) is 0 Å². The van der Waals surface area contributed by atoms with Crippen molar-refractivity contribution >= 4 is 5.78 Å². The molecule has 0 unspecified atom stereocenters. The Bertz CT molecular complexity index is 627. The molecule has 2 aromatic rings. The van der Waals surface area contributed by atoms with E-state index in [1.807, 2.05) is 54.6 Å². The van der Waals surface area contributed by atoms with Crippen LogP contribution < -0.4 is 0 Å². The minimum atomic E-state index is -0.485. The van der Waals surface area contributed by atoms with Gasteiger partial charge in [0.2, 0.25) is 0 Å². The van der Waals surface area contributed by atoms with Crippen LogP contribution in [0.3, 0.4) is 0 Å². The third-order valence-corrected chi connectivity index (χ3v) is 4.43. The van der Waals surface area contributed by atoms with Gasteiger partial charge < -0.3 is 5.11 Å². The third-order valence-electron chi connectivity index (χ3n) is 4.43. The Morgan fingerprint density at radius 3 is 2.14 bits per heavy atom. The van der Waals surface area contributed by atoms with Crippen LogP contribution in [0.4, 0.5) is 0 Å². The number of carbonyl (C=O) groups excluding carboxylic acids is 1. The molecule has 2 aromatic carbocycles. The van der Waals surface area contributed by atoms with E-state index in [4.69, 9.17) is 0 Å². The highest BCUT2D eigenvalue weighted by Gasteiger charge is 2.35. The van der Waals surface area contributed by atoms with E-state index < -0.39 is 5.60 Å². The molecular formula is C19H20O2. The quantitative estimate of drug-likeness (QED) is 0.861. The Labute approximate surface area is 125 Å². The van der Waals surface area contributed by atoms with E-state index in [1.54, 1.807) is 0 Å². The van der Waals surface area contributed by atoms with Gasteiger partial charge in [0.25, 0.3) is 0 Å². The lowest BCUT2D eigenvalue weighted by molar-refractivity contribution is -0.0387. The predicted octanol–water partition coefficient (Wildman–Crippen LogP) is 3.87. The molecule has 0 atom stereocenters. The van der Waals surface area contributed by atoms with Gasteiger partial charge in [0.15, 0.2) is 5.78 Å². The Kier molecular flexibility index (Phi) is 3.89. The largest absolute Gasteiger partial charge is 0.385 e. The summed E-state index contributed by atoms with van der Waals surface area (Å²) in [6, 6.07) is 17.8. The minimum Gasteiger partial charge on any atom is -0.385 e. The second-order valence-electron chi connectivity index (χ2n) is 5.83. The van der Waals surface area contributed by atoms with Gasteiger partial charge in [-0.15, -0.1) is 0 Å². The molecule has 1 saturated carbocycles. The molecule has 21 heavy (non-hydrogen) atoms. The van der Waals surface area contributed by atoms with Crippen LogP contribution >= 0.6 is 0 Å². The first-order valence-electron chi connectivity index (χ1n) is 7.58. The second-order valence-corrected chi connectivity index (χ2v) is 5.83.